The van der Waals surface area contributed by atoms with Crippen molar-refractivity contribution in [2.75, 3.05) is 24.6 Å². The number of benzene rings is 1. The van der Waals surface area contributed by atoms with Gasteiger partial charge in [0.1, 0.15) is 24.0 Å². The van der Waals surface area contributed by atoms with Crippen molar-refractivity contribution >= 4 is 76.0 Å². The van der Waals surface area contributed by atoms with Gasteiger partial charge in [0.25, 0.3) is 0 Å². The molecule has 4 unspecified atom stereocenters. The van der Waals surface area contributed by atoms with E-state index in [-0.39, 0.29) is 19.2 Å². The highest BCUT2D eigenvalue weighted by Gasteiger charge is 2.61. The van der Waals surface area contributed by atoms with Gasteiger partial charge in [0.05, 0.1) is 17.3 Å². The number of alkyl halides is 3. The quantitative estimate of drug-likeness (QED) is 0.210. The number of Topliss-reactive ketones (excluding diaryl/α,β-unsaturated/α-hetero) is 1. The number of halogens is 3. The normalized spacial score (nSPS) is 28.0. The first-order valence-corrected chi connectivity index (χ1v) is 13.9. The van der Waals surface area contributed by atoms with E-state index in [1.807, 2.05) is 6.92 Å². The molecule has 3 fully saturated rings. The molecule has 1 saturated carbocycles. The van der Waals surface area contributed by atoms with Crippen LogP contribution in [0.5, 0.6) is 0 Å². The molecule has 1 aromatic carbocycles. The van der Waals surface area contributed by atoms with Gasteiger partial charge in [-0.2, -0.15) is 0 Å². The number of hydrogen-bond acceptors (Lipinski definition) is 8. The van der Waals surface area contributed by atoms with Gasteiger partial charge >= 0.3 is 12.1 Å². The van der Waals surface area contributed by atoms with Gasteiger partial charge in [0.15, 0.2) is 5.78 Å². The van der Waals surface area contributed by atoms with Crippen LogP contribution in [0.3, 0.4) is 0 Å². The standard InChI is InChI=1S/C24H28Cl3N3O6S/c1-13(14-8-9-14)36-22(34)29(15-6-4-3-5-7-15)10-16(31)17-18(32)30-11-23(2,20(28)37-19(17)30)21(33)35-12-24(25,26)27/h3-7,13-14,17,19-20H,8-12,28H2,1-2H3/t13?,17?,19-,20?,23?/m1/s1. The lowest BCUT2D eigenvalue weighted by molar-refractivity contribution is -0.166. The summed E-state index contributed by atoms with van der Waals surface area (Å²) in [6, 6.07) is 8.69. The van der Waals surface area contributed by atoms with E-state index in [4.69, 9.17) is 50.0 Å². The average molecular weight is 593 g/mol. The molecule has 2 saturated heterocycles. The molecule has 0 aromatic heterocycles. The zero-order valence-electron chi connectivity index (χ0n) is 20.3. The van der Waals surface area contributed by atoms with Gasteiger partial charge in [-0.1, -0.05) is 53.0 Å². The predicted octanol–water partition coefficient (Wildman–Crippen LogP) is 3.73. The highest BCUT2D eigenvalue weighted by atomic mass is 35.6. The Morgan fingerprint density at radius 3 is 2.49 bits per heavy atom. The maximum Gasteiger partial charge on any atom is 0.414 e. The lowest BCUT2D eigenvalue weighted by Gasteiger charge is -2.55. The van der Waals surface area contributed by atoms with Crippen LogP contribution in [0.25, 0.3) is 0 Å². The molecule has 202 valence electrons. The number of nitrogens with zero attached hydrogens (tertiary/aromatic N) is 2. The van der Waals surface area contributed by atoms with Gasteiger partial charge in [-0.3, -0.25) is 19.3 Å². The summed E-state index contributed by atoms with van der Waals surface area (Å²) in [7, 11) is 0. The zero-order chi connectivity index (χ0) is 27.1. The van der Waals surface area contributed by atoms with Gasteiger partial charge in [-0.15, -0.1) is 11.8 Å². The molecule has 5 atom stereocenters. The smallest absolute Gasteiger partial charge is 0.414 e. The summed E-state index contributed by atoms with van der Waals surface area (Å²) >= 11 is 18.1. The van der Waals surface area contributed by atoms with Crippen LogP contribution in [0.15, 0.2) is 30.3 Å². The molecule has 9 nitrogen and oxygen atoms in total. The van der Waals surface area contributed by atoms with Crippen molar-refractivity contribution in [1.82, 2.24) is 4.90 Å². The van der Waals surface area contributed by atoms with E-state index in [0.29, 0.717) is 11.6 Å². The summed E-state index contributed by atoms with van der Waals surface area (Å²) in [5.74, 6) is -2.26. The number of β-lactam (4-membered cyclic amide) rings is 1. The van der Waals surface area contributed by atoms with E-state index in [1.165, 1.54) is 9.80 Å². The van der Waals surface area contributed by atoms with E-state index in [9.17, 15) is 19.2 Å². The molecule has 0 bridgehead atoms. The van der Waals surface area contributed by atoms with E-state index >= 15 is 0 Å². The van der Waals surface area contributed by atoms with Crippen molar-refractivity contribution in [2.24, 2.45) is 23.0 Å². The summed E-state index contributed by atoms with van der Waals surface area (Å²) in [5.41, 5.74) is 5.53. The first-order chi connectivity index (χ1) is 17.3. The second-order valence-electron chi connectivity index (χ2n) is 9.81. The van der Waals surface area contributed by atoms with Crippen LogP contribution in [-0.2, 0) is 23.9 Å². The number of hydrogen-bond donors (Lipinski definition) is 1. The summed E-state index contributed by atoms with van der Waals surface area (Å²) in [6.45, 7) is 2.56. The van der Waals surface area contributed by atoms with Crippen molar-refractivity contribution in [3.05, 3.63) is 30.3 Å². The molecule has 2 aliphatic heterocycles. The van der Waals surface area contributed by atoms with Crippen LogP contribution < -0.4 is 10.6 Å². The molecule has 2 heterocycles. The number of esters is 1. The lowest BCUT2D eigenvalue weighted by atomic mass is 9.84. The van der Waals surface area contributed by atoms with Crippen LogP contribution in [0, 0.1) is 17.3 Å². The maximum absolute atomic E-state index is 13.3. The third-order valence-electron chi connectivity index (χ3n) is 6.91. The van der Waals surface area contributed by atoms with Gasteiger partial charge in [0.2, 0.25) is 9.70 Å². The van der Waals surface area contributed by atoms with E-state index < -0.39 is 56.2 Å². The highest BCUT2D eigenvalue weighted by molar-refractivity contribution is 8.00. The van der Waals surface area contributed by atoms with E-state index in [2.05, 4.69) is 0 Å². The number of fused-ring (bicyclic) bond motifs is 1. The number of amides is 2. The molecule has 2 amide bonds. The highest BCUT2D eigenvalue weighted by Crippen LogP contribution is 2.48. The molecule has 4 rings (SSSR count). The van der Waals surface area contributed by atoms with Crippen LogP contribution >= 0.6 is 46.6 Å². The number of nitrogens with two attached hydrogens (primary N) is 1. The summed E-state index contributed by atoms with van der Waals surface area (Å²) in [5, 5.41) is -1.35. The van der Waals surface area contributed by atoms with Crippen molar-refractivity contribution < 1.29 is 28.7 Å². The average Bonchev–Trinajstić information content (AvgIpc) is 3.69. The third-order valence-corrected chi connectivity index (χ3v) is 8.86. The molecule has 1 aromatic rings. The Morgan fingerprint density at radius 2 is 1.89 bits per heavy atom. The molecule has 1 aliphatic carbocycles. The van der Waals surface area contributed by atoms with Gasteiger partial charge < -0.3 is 20.1 Å². The molecule has 0 radical (unpaired) electrons. The number of ether oxygens (including phenoxy) is 2. The van der Waals surface area contributed by atoms with E-state index in [0.717, 1.165) is 24.6 Å². The Labute approximate surface area is 234 Å². The molecule has 0 spiro atoms. The first-order valence-electron chi connectivity index (χ1n) is 11.8. The maximum atomic E-state index is 13.3. The number of ketones is 1. The molecule has 3 aliphatic rings. The van der Waals surface area contributed by atoms with Gasteiger partial charge in [0, 0.05) is 12.2 Å². The molecular formula is C24H28Cl3N3O6S. The number of rotatable bonds is 8. The fraction of sp³-hybridized carbons (Fsp3) is 0.583. The van der Waals surface area contributed by atoms with Crippen LogP contribution in [-0.4, -0.2) is 69.0 Å². The Hall–Kier alpha value is -1.72. The fourth-order valence-electron chi connectivity index (χ4n) is 4.39. The van der Waals surface area contributed by atoms with Crippen molar-refractivity contribution in [3.8, 4) is 0 Å². The second-order valence-corrected chi connectivity index (χ2v) is 13.6. The number of thioether (sulfide) groups is 1. The van der Waals surface area contributed by atoms with Gasteiger partial charge in [-0.25, -0.2) is 4.79 Å². The summed E-state index contributed by atoms with van der Waals surface area (Å²) in [4.78, 5) is 54.8. The van der Waals surface area contributed by atoms with Crippen molar-refractivity contribution in [3.63, 3.8) is 0 Å². The largest absolute Gasteiger partial charge is 0.461 e. The van der Waals surface area contributed by atoms with Crippen LogP contribution in [0.4, 0.5) is 10.5 Å². The SMILES string of the molecule is CC(OC(=O)N(CC(=O)C1C(=O)N2CC(C)(C(=O)OCC(Cl)(Cl)Cl)C(N)S[C@H]12)c1ccccc1)C1CC1. The minimum absolute atomic E-state index is 0.0452. The monoisotopic (exact) mass is 591 g/mol. The minimum Gasteiger partial charge on any atom is -0.461 e. The minimum atomic E-state index is -1.78. The Morgan fingerprint density at radius 1 is 1.24 bits per heavy atom. The molecular weight excluding hydrogens is 565 g/mol. The number of para-hydroxylation sites is 1. The van der Waals surface area contributed by atoms with Crippen molar-refractivity contribution in [1.29, 1.82) is 0 Å². The number of anilines is 1. The van der Waals surface area contributed by atoms with Crippen molar-refractivity contribution in [2.45, 2.75) is 47.3 Å². The lowest BCUT2D eigenvalue weighted by Crippen LogP contribution is -2.71. The molecule has 13 heteroatoms. The zero-order valence-corrected chi connectivity index (χ0v) is 23.4. The second kappa shape index (κ2) is 10.8. The van der Waals surface area contributed by atoms with E-state index in [1.54, 1.807) is 37.3 Å². The fourth-order valence-corrected chi connectivity index (χ4v) is 6.07. The predicted molar refractivity (Wildman–Crippen MR) is 141 cm³/mol. The Bertz CT molecular complexity index is 1070. The summed E-state index contributed by atoms with van der Waals surface area (Å²) < 4.78 is 8.95. The summed E-state index contributed by atoms with van der Waals surface area (Å²) in [6.07, 6.45) is 1.10. The van der Waals surface area contributed by atoms with Crippen LogP contribution in [0.2, 0.25) is 0 Å². The Balaban J connectivity index is 1.44. The topological polar surface area (TPSA) is 119 Å². The Kier molecular flexibility index (Phi) is 8.26. The molecule has 37 heavy (non-hydrogen) atoms. The number of carbonyl (C=O) groups is 4. The third kappa shape index (κ3) is 6.14. The first kappa shape index (κ1) is 28.3. The van der Waals surface area contributed by atoms with Crippen LogP contribution in [0.1, 0.15) is 26.7 Å². The number of carbonyl (C=O) groups excluding carboxylic acids is 4. The van der Waals surface area contributed by atoms with Gasteiger partial charge in [-0.05, 0) is 44.7 Å². The molecule has 2 N–H and O–H groups in total.